The van der Waals surface area contributed by atoms with Crippen molar-refractivity contribution in [1.29, 1.82) is 0 Å². The van der Waals surface area contributed by atoms with E-state index >= 15 is 0 Å². The summed E-state index contributed by atoms with van der Waals surface area (Å²) < 4.78 is 2.04. The Morgan fingerprint density at radius 1 is 1.26 bits per heavy atom. The third kappa shape index (κ3) is 2.00. The topological polar surface area (TPSA) is 56.7 Å². The molecule has 0 saturated carbocycles. The van der Waals surface area contributed by atoms with Gasteiger partial charge in [-0.25, -0.2) is 9.97 Å². The van der Waals surface area contributed by atoms with E-state index in [4.69, 9.17) is 5.73 Å². The van der Waals surface area contributed by atoms with Crippen molar-refractivity contribution >= 4 is 10.8 Å². The lowest BCUT2D eigenvalue weighted by atomic mass is 10.1. The van der Waals surface area contributed by atoms with Crippen molar-refractivity contribution < 1.29 is 0 Å². The van der Waals surface area contributed by atoms with E-state index < -0.39 is 0 Å². The van der Waals surface area contributed by atoms with Gasteiger partial charge in [0.2, 0.25) is 0 Å². The average Bonchev–Trinajstić information content (AvgIpc) is 2.94. The normalized spacial score (nSPS) is 11.1. The van der Waals surface area contributed by atoms with Gasteiger partial charge in [-0.05, 0) is 11.5 Å². The largest absolute Gasteiger partial charge is 0.325 e. The van der Waals surface area contributed by atoms with Crippen LogP contribution in [0.25, 0.3) is 16.6 Å². The van der Waals surface area contributed by atoms with Gasteiger partial charge < -0.3 is 5.73 Å². The molecule has 4 heteroatoms. The summed E-state index contributed by atoms with van der Waals surface area (Å²) in [5.41, 5.74) is 6.64. The van der Waals surface area contributed by atoms with Crippen LogP contribution in [-0.4, -0.2) is 14.5 Å². The summed E-state index contributed by atoms with van der Waals surface area (Å²) in [5.74, 6) is 1.92. The molecule has 0 aliphatic rings. The SMILES string of the molecule is CCc1nccn1-c1nc(CN)cc2ccccc12. The van der Waals surface area contributed by atoms with Crippen LogP contribution in [0.2, 0.25) is 0 Å². The van der Waals surface area contributed by atoms with Gasteiger partial charge in [-0.1, -0.05) is 31.2 Å². The standard InChI is InChI=1S/C15H16N4/c1-2-14-17-7-8-19(14)15-13-6-4-3-5-11(13)9-12(10-16)18-15/h3-9H,2,10,16H2,1H3. The highest BCUT2D eigenvalue weighted by atomic mass is 15.1. The second-order valence-corrected chi connectivity index (χ2v) is 4.43. The lowest BCUT2D eigenvalue weighted by Crippen LogP contribution is -2.07. The van der Waals surface area contributed by atoms with Gasteiger partial charge in [-0.15, -0.1) is 0 Å². The molecule has 1 aromatic carbocycles. The summed E-state index contributed by atoms with van der Waals surface area (Å²) in [6.07, 6.45) is 4.63. The second-order valence-electron chi connectivity index (χ2n) is 4.43. The molecule has 0 bridgehead atoms. The highest BCUT2D eigenvalue weighted by molar-refractivity contribution is 5.88. The van der Waals surface area contributed by atoms with Crippen LogP contribution in [0.15, 0.2) is 42.7 Å². The van der Waals surface area contributed by atoms with Gasteiger partial charge in [0.1, 0.15) is 11.6 Å². The van der Waals surface area contributed by atoms with Crippen LogP contribution in [0.5, 0.6) is 0 Å². The molecule has 0 unspecified atom stereocenters. The van der Waals surface area contributed by atoms with Gasteiger partial charge >= 0.3 is 0 Å². The minimum atomic E-state index is 0.438. The Morgan fingerprint density at radius 3 is 2.89 bits per heavy atom. The zero-order valence-corrected chi connectivity index (χ0v) is 10.9. The van der Waals surface area contributed by atoms with Crippen LogP contribution in [0.1, 0.15) is 18.4 Å². The van der Waals surface area contributed by atoms with Crippen molar-refractivity contribution in [2.75, 3.05) is 0 Å². The van der Waals surface area contributed by atoms with E-state index in [1.807, 2.05) is 35.2 Å². The third-order valence-electron chi connectivity index (χ3n) is 3.24. The van der Waals surface area contributed by atoms with Gasteiger partial charge in [0.15, 0.2) is 0 Å². The van der Waals surface area contributed by atoms with Crippen LogP contribution in [-0.2, 0) is 13.0 Å². The van der Waals surface area contributed by atoms with E-state index in [9.17, 15) is 0 Å². The fourth-order valence-electron chi connectivity index (χ4n) is 2.31. The Balaban J connectivity index is 2.33. The fraction of sp³-hybridized carbons (Fsp3) is 0.200. The van der Waals surface area contributed by atoms with Crippen LogP contribution >= 0.6 is 0 Å². The second kappa shape index (κ2) is 4.82. The number of imidazole rings is 1. The molecule has 0 aliphatic carbocycles. The highest BCUT2D eigenvalue weighted by Gasteiger charge is 2.10. The lowest BCUT2D eigenvalue weighted by Gasteiger charge is -2.11. The van der Waals surface area contributed by atoms with E-state index in [1.165, 1.54) is 0 Å². The molecule has 3 aromatic rings. The zero-order valence-electron chi connectivity index (χ0n) is 10.9. The van der Waals surface area contributed by atoms with Crippen molar-refractivity contribution in [3.63, 3.8) is 0 Å². The maximum absolute atomic E-state index is 5.75. The molecule has 0 amide bonds. The molecule has 4 nitrogen and oxygen atoms in total. The monoisotopic (exact) mass is 252 g/mol. The van der Waals surface area contributed by atoms with E-state index in [0.29, 0.717) is 6.54 Å². The lowest BCUT2D eigenvalue weighted by molar-refractivity contribution is 0.859. The minimum absolute atomic E-state index is 0.438. The van der Waals surface area contributed by atoms with Gasteiger partial charge in [-0.2, -0.15) is 0 Å². The maximum atomic E-state index is 5.75. The Labute approximate surface area is 111 Å². The van der Waals surface area contributed by atoms with Crippen molar-refractivity contribution in [2.24, 2.45) is 5.73 Å². The first-order valence-electron chi connectivity index (χ1n) is 6.44. The number of pyridine rings is 1. The Kier molecular flexibility index (Phi) is 3.01. The molecule has 2 N–H and O–H groups in total. The number of hydrogen-bond donors (Lipinski definition) is 1. The molecule has 2 aromatic heterocycles. The maximum Gasteiger partial charge on any atom is 0.146 e. The van der Waals surface area contributed by atoms with Gasteiger partial charge in [-0.3, -0.25) is 4.57 Å². The quantitative estimate of drug-likeness (QED) is 0.779. The van der Waals surface area contributed by atoms with Gasteiger partial charge in [0.25, 0.3) is 0 Å². The summed E-state index contributed by atoms with van der Waals surface area (Å²) in [7, 11) is 0. The summed E-state index contributed by atoms with van der Waals surface area (Å²) in [6.45, 7) is 2.53. The van der Waals surface area contributed by atoms with E-state index in [-0.39, 0.29) is 0 Å². The Bertz CT molecular complexity index is 715. The van der Waals surface area contributed by atoms with Crippen molar-refractivity contribution in [3.8, 4) is 5.82 Å². The number of benzene rings is 1. The smallest absolute Gasteiger partial charge is 0.146 e. The number of fused-ring (bicyclic) bond motifs is 1. The Hall–Kier alpha value is -2.20. The number of nitrogens with zero attached hydrogens (tertiary/aromatic N) is 3. The number of rotatable bonds is 3. The van der Waals surface area contributed by atoms with Crippen LogP contribution < -0.4 is 5.73 Å². The van der Waals surface area contributed by atoms with E-state index in [2.05, 4.69) is 29.0 Å². The van der Waals surface area contributed by atoms with Gasteiger partial charge in [0, 0.05) is 30.7 Å². The predicted octanol–water partition coefficient (Wildman–Crippen LogP) is 2.44. The van der Waals surface area contributed by atoms with Crippen molar-refractivity contribution in [2.45, 2.75) is 19.9 Å². The predicted molar refractivity (Wildman–Crippen MR) is 76.1 cm³/mol. The summed E-state index contributed by atoms with van der Waals surface area (Å²) >= 11 is 0. The van der Waals surface area contributed by atoms with Crippen molar-refractivity contribution in [3.05, 3.63) is 54.2 Å². The molecule has 2 heterocycles. The molecule has 0 radical (unpaired) electrons. The molecule has 0 fully saturated rings. The number of aryl methyl sites for hydroxylation is 1. The van der Waals surface area contributed by atoms with Crippen LogP contribution in [0, 0.1) is 0 Å². The van der Waals surface area contributed by atoms with Gasteiger partial charge in [0.05, 0.1) is 5.69 Å². The van der Waals surface area contributed by atoms with Crippen molar-refractivity contribution in [1.82, 2.24) is 14.5 Å². The zero-order chi connectivity index (χ0) is 13.2. The highest BCUT2D eigenvalue weighted by Crippen LogP contribution is 2.22. The number of hydrogen-bond acceptors (Lipinski definition) is 3. The number of aromatic nitrogens is 3. The molecule has 0 spiro atoms. The molecule has 0 saturated heterocycles. The molecular weight excluding hydrogens is 236 g/mol. The van der Waals surface area contributed by atoms with E-state index in [1.54, 1.807) is 0 Å². The average molecular weight is 252 g/mol. The first-order valence-corrected chi connectivity index (χ1v) is 6.44. The molecule has 3 rings (SSSR count). The Morgan fingerprint density at radius 2 is 2.11 bits per heavy atom. The minimum Gasteiger partial charge on any atom is -0.325 e. The summed E-state index contributed by atoms with van der Waals surface area (Å²) in [5, 5.41) is 2.27. The molecule has 0 atom stereocenters. The molecule has 0 aliphatic heterocycles. The number of nitrogens with two attached hydrogens (primary N) is 1. The molecule has 96 valence electrons. The molecular formula is C15H16N4. The molecule has 19 heavy (non-hydrogen) atoms. The first kappa shape index (κ1) is 11.9. The van der Waals surface area contributed by atoms with Crippen LogP contribution in [0.3, 0.4) is 0 Å². The summed E-state index contributed by atoms with van der Waals surface area (Å²) in [4.78, 5) is 9.03. The fourth-order valence-corrected chi connectivity index (χ4v) is 2.31. The van der Waals surface area contributed by atoms with E-state index in [0.717, 1.165) is 34.5 Å². The first-order chi connectivity index (χ1) is 9.33. The van der Waals surface area contributed by atoms with Crippen LogP contribution in [0.4, 0.5) is 0 Å². The third-order valence-corrected chi connectivity index (χ3v) is 3.24. The summed E-state index contributed by atoms with van der Waals surface area (Å²) in [6, 6.07) is 10.3.